The molecule has 0 aliphatic carbocycles. The predicted molar refractivity (Wildman–Crippen MR) is 102 cm³/mol. The second kappa shape index (κ2) is 6.22. The number of carbonyl (C=O) groups excluding carboxylic acids is 1. The Morgan fingerprint density at radius 2 is 1.88 bits per heavy atom. The third-order valence-electron chi connectivity index (χ3n) is 4.18. The van der Waals surface area contributed by atoms with Crippen molar-refractivity contribution < 1.29 is 4.79 Å². The Balaban J connectivity index is 2.04. The Morgan fingerprint density at radius 1 is 1.12 bits per heavy atom. The molecule has 0 saturated carbocycles. The van der Waals surface area contributed by atoms with Gasteiger partial charge in [0.2, 0.25) is 0 Å². The average Bonchev–Trinajstić information content (AvgIpc) is 3.00. The second-order valence-electron chi connectivity index (χ2n) is 5.82. The minimum absolute atomic E-state index is 0.176. The van der Waals surface area contributed by atoms with Crippen molar-refractivity contribution in [3.05, 3.63) is 65.3 Å². The number of aromatic amines is 1. The molecule has 2 aromatic carbocycles. The Morgan fingerprint density at radius 3 is 2.64 bits per heavy atom. The van der Waals surface area contributed by atoms with E-state index in [2.05, 4.69) is 15.3 Å². The minimum Gasteiger partial charge on any atom is -0.353 e. The minimum atomic E-state index is -0.176. The maximum atomic E-state index is 12.4. The molecular weight excluding hydrogens is 334 g/mol. The van der Waals surface area contributed by atoms with E-state index in [4.69, 9.17) is 11.6 Å². The molecule has 0 aliphatic heterocycles. The molecule has 0 saturated heterocycles. The zero-order valence-corrected chi connectivity index (χ0v) is 14.4. The largest absolute Gasteiger partial charge is 0.353 e. The monoisotopic (exact) mass is 349 g/mol. The molecule has 2 aromatic heterocycles. The highest BCUT2D eigenvalue weighted by atomic mass is 35.5. The van der Waals surface area contributed by atoms with Gasteiger partial charge >= 0.3 is 0 Å². The summed E-state index contributed by atoms with van der Waals surface area (Å²) < 4.78 is 0. The molecule has 4 aromatic rings. The smallest absolute Gasteiger partial charge is 0.269 e. The lowest BCUT2D eigenvalue weighted by atomic mass is 10.1. The third-order valence-corrected chi connectivity index (χ3v) is 4.44. The molecule has 4 rings (SSSR count). The highest BCUT2D eigenvalue weighted by molar-refractivity contribution is 6.30. The van der Waals surface area contributed by atoms with Crippen LogP contribution in [0.3, 0.4) is 0 Å². The van der Waals surface area contributed by atoms with Gasteiger partial charge in [0, 0.05) is 33.4 Å². The van der Waals surface area contributed by atoms with E-state index >= 15 is 0 Å². The number of hydrogen-bond donors (Lipinski definition) is 2. The fourth-order valence-corrected chi connectivity index (χ4v) is 3.16. The predicted octanol–water partition coefficient (Wildman–Crippen LogP) is 4.79. The van der Waals surface area contributed by atoms with Crippen molar-refractivity contribution in [3.63, 3.8) is 0 Å². The fraction of sp³-hybridized carbons (Fsp3) is 0.100. The summed E-state index contributed by atoms with van der Waals surface area (Å²) in [7, 11) is 0. The van der Waals surface area contributed by atoms with E-state index in [-0.39, 0.29) is 5.91 Å². The van der Waals surface area contributed by atoms with Crippen LogP contribution in [0.2, 0.25) is 5.02 Å². The van der Waals surface area contributed by atoms with Gasteiger partial charge in [0.1, 0.15) is 5.69 Å². The molecule has 25 heavy (non-hydrogen) atoms. The summed E-state index contributed by atoms with van der Waals surface area (Å²) in [6.45, 7) is 2.45. The van der Waals surface area contributed by atoms with Gasteiger partial charge in [-0.15, -0.1) is 0 Å². The number of nitrogens with zero attached hydrogens (tertiary/aromatic N) is 1. The molecule has 0 fully saturated rings. The number of H-pyrrole nitrogens is 1. The fourth-order valence-electron chi connectivity index (χ4n) is 3.03. The first-order chi connectivity index (χ1) is 12.2. The van der Waals surface area contributed by atoms with Crippen LogP contribution in [0.4, 0.5) is 0 Å². The summed E-state index contributed by atoms with van der Waals surface area (Å²) in [5.74, 6) is -0.176. The van der Waals surface area contributed by atoms with Crippen LogP contribution in [0.15, 0.2) is 54.6 Å². The van der Waals surface area contributed by atoms with Gasteiger partial charge in [-0.25, -0.2) is 4.98 Å². The first kappa shape index (κ1) is 15.7. The van der Waals surface area contributed by atoms with Gasteiger partial charge in [0.25, 0.3) is 5.91 Å². The maximum Gasteiger partial charge on any atom is 0.269 e. The molecular formula is C20H16ClN3O. The molecule has 0 spiro atoms. The summed E-state index contributed by atoms with van der Waals surface area (Å²) in [5, 5.41) is 5.54. The molecule has 0 aliphatic rings. The second-order valence-corrected chi connectivity index (χ2v) is 6.25. The van der Waals surface area contributed by atoms with Crippen molar-refractivity contribution in [2.45, 2.75) is 6.92 Å². The lowest BCUT2D eigenvalue weighted by Crippen LogP contribution is -2.23. The first-order valence-electron chi connectivity index (χ1n) is 8.13. The van der Waals surface area contributed by atoms with Crippen LogP contribution in [0.25, 0.3) is 33.1 Å². The van der Waals surface area contributed by atoms with Gasteiger partial charge in [-0.3, -0.25) is 4.79 Å². The molecule has 124 valence electrons. The summed E-state index contributed by atoms with van der Waals surface area (Å²) >= 11 is 6.01. The molecule has 1 amide bonds. The summed E-state index contributed by atoms with van der Waals surface area (Å²) in [6, 6.07) is 17.4. The number of hydrogen-bond acceptors (Lipinski definition) is 2. The molecule has 0 atom stereocenters. The van der Waals surface area contributed by atoms with Gasteiger partial charge < -0.3 is 10.3 Å². The number of aromatic nitrogens is 2. The SMILES string of the molecule is CCNC(=O)c1cc2c([nH]c3ccccc32)c(-c2ccc(Cl)cc2)n1. The van der Waals surface area contributed by atoms with Gasteiger partial charge in [0.15, 0.2) is 0 Å². The number of carbonyl (C=O) groups is 1. The van der Waals surface area contributed by atoms with Crippen molar-refractivity contribution >= 4 is 39.3 Å². The normalized spacial score (nSPS) is 11.1. The van der Waals surface area contributed by atoms with E-state index in [1.807, 2.05) is 61.5 Å². The first-order valence-corrected chi connectivity index (χ1v) is 8.51. The number of amides is 1. The molecule has 4 nitrogen and oxygen atoms in total. The van der Waals surface area contributed by atoms with E-state index in [1.54, 1.807) is 0 Å². The van der Waals surface area contributed by atoms with E-state index in [0.29, 0.717) is 17.3 Å². The summed E-state index contributed by atoms with van der Waals surface area (Å²) in [6.07, 6.45) is 0. The number of rotatable bonds is 3. The van der Waals surface area contributed by atoms with E-state index in [9.17, 15) is 4.79 Å². The lowest BCUT2D eigenvalue weighted by Gasteiger charge is -2.07. The van der Waals surface area contributed by atoms with Crippen LogP contribution in [-0.4, -0.2) is 22.4 Å². The Bertz CT molecular complexity index is 1080. The van der Waals surface area contributed by atoms with Gasteiger partial charge in [0.05, 0.1) is 11.2 Å². The quantitative estimate of drug-likeness (QED) is 0.559. The van der Waals surface area contributed by atoms with Crippen molar-refractivity contribution in [1.82, 2.24) is 15.3 Å². The van der Waals surface area contributed by atoms with Gasteiger partial charge in [-0.1, -0.05) is 41.9 Å². The van der Waals surface area contributed by atoms with E-state index in [0.717, 1.165) is 33.1 Å². The summed E-state index contributed by atoms with van der Waals surface area (Å²) in [4.78, 5) is 20.4. The van der Waals surface area contributed by atoms with Gasteiger partial charge in [-0.05, 0) is 31.2 Å². The van der Waals surface area contributed by atoms with Crippen LogP contribution in [0.1, 0.15) is 17.4 Å². The van der Waals surface area contributed by atoms with Crippen LogP contribution >= 0.6 is 11.6 Å². The highest BCUT2D eigenvalue weighted by Gasteiger charge is 2.16. The topological polar surface area (TPSA) is 57.8 Å². The van der Waals surface area contributed by atoms with Gasteiger partial charge in [-0.2, -0.15) is 0 Å². The molecule has 0 radical (unpaired) electrons. The number of halogens is 1. The zero-order valence-electron chi connectivity index (χ0n) is 13.6. The molecule has 5 heteroatoms. The highest BCUT2D eigenvalue weighted by Crippen LogP contribution is 2.33. The standard InChI is InChI=1S/C20H16ClN3O/c1-2-22-20(25)17-11-15-14-5-3-4-6-16(14)23-19(15)18(24-17)12-7-9-13(21)10-8-12/h3-11,23H,2H2,1H3,(H,22,25). The molecule has 2 heterocycles. The number of benzene rings is 2. The Labute approximate surface area is 149 Å². The number of pyridine rings is 1. The Kier molecular flexibility index (Phi) is 3.90. The van der Waals surface area contributed by atoms with Crippen LogP contribution in [-0.2, 0) is 0 Å². The summed E-state index contributed by atoms with van der Waals surface area (Å²) in [5.41, 5.74) is 3.99. The lowest BCUT2D eigenvalue weighted by molar-refractivity contribution is 0.0951. The molecule has 2 N–H and O–H groups in total. The third kappa shape index (κ3) is 2.75. The number of para-hydroxylation sites is 1. The van der Waals surface area contributed by atoms with Crippen molar-refractivity contribution in [2.75, 3.05) is 6.54 Å². The molecule has 0 bridgehead atoms. The maximum absolute atomic E-state index is 12.4. The molecule has 0 unspecified atom stereocenters. The van der Waals surface area contributed by atoms with E-state index < -0.39 is 0 Å². The zero-order chi connectivity index (χ0) is 17.4. The van der Waals surface area contributed by atoms with Crippen LogP contribution in [0.5, 0.6) is 0 Å². The average molecular weight is 350 g/mol. The van der Waals surface area contributed by atoms with E-state index in [1.165, 1.54) is 0 Å². The Hall–Kier alpha value is -2.85. The van der Waals surface area contributed by atoms with Crippen LogP contribution in [0, 0.1) is 0 Å². The van der Waals surface area contributed by atoms with Crippen molar-refractivity contribution in [3.8, 4) is 11.3 Å². The number of fused-ring (bicyclic) bond motifs is 3. The van der Waals surface area contributed by atoms with Crippen LogP contribution < -0.4 is 5.32 Å². The van der Waals surface area contributed by atoms with Crippen molar-refractivity contribution in [2.24, 2.45) is 0 Å². The van der Waals surface area contributed by atoms with Crippen molar-refractivity contribution in [1.29, 1.82) is 0 Å². The number of nitrogens with one attached hydrogen (secondary N) is 2.